The van der Waals surface area contributed by atoms with Crippen molar-refractivity contribution in [3.8, 4) is 0 Å². The highest BCUT2D eigenvalue weighted by atomic mass is 19.1. The Morgan fingerprint density at radius 3 is 2.83 bits per heavy atom. The fraction of sp³-hybridized carbons (Fsp3) is 0.350. The minimum absolute atomic E-state index is 0.0388. The van der Waals surface area contributed by atoms with E-state index in [2.05, 4.69) is 28.8 Å². The van der Waals surface area contributed by atoms with Crippen molar-refractivity contribution in [2.45, 2.75) is 25.8 Å². The Balaban J connectivity index is 1.57. The van der Waals surface area contributed by atoms with Crippen LogP contribution in [-0.2, 0) is 17.6 Å². The van der Waals surface area contributed by atoms with Crippen LogP contribution in [0.25, 0.3) is 0 Å². The Kier molecular flexibility index (Phi) is 5.26. The molecular weight excluding hydrogens is 303 g/mol. The molecule has 3 nitrogen and oxygen atoms in total. The van der Waals surface area contributed by atoms with Gasteiger partial charge in [-0.3, -0.25) is 4.79 Å². The van der Waals surface area contributed by atoms with Crippen LogP contribution < -0.4 is 10.6 Å². The molecule has 2 N–H and O–H groups in total. The maximum Gasteiger partial charge on any atom is 0.223 e. The fourth-order valence-corrected chi connectivity index (χ4v) is 3.24. The van der Waals surface area contributed by atoms with Crippen molar-refractivity contribution < 1.29 is 9.18 Å². The van der Waals surface area contributed by atoms with E-state index < -0.39 is 0 Å². The SMILES string of the molecule is CC(Cc1ccccc1F)C(=O)NCC1NCCc2ccccc21. The van der Waals surface area contributed by atoms with Crippen molar-refractivity contribution >= 4 is 5.91 Å². The van der Waals surface area contributed by atoms with E-state index in [1.54, 1.807) is 18.2 Å². The summed E-state index contributed by atoms with van der Waals surface area (Å²) < 4.78 is 13.7. The van der Waals surface area contributed by atoms with Crippen molar-refractivity contribution in [2.75, 3.05) is 13.1 Å². The Hall–Kier alpha value is -2.20. The van der Waals surface area contributed by atoms with Crippen molar-refractivity contribution in [1.82, 2.24) is 10.6 Å². The molecule has 3 rings (SSSR count). The minimum atomic E-state index is -0.263. The third kappa shape index (κ3) is 3.82. The molecule has 2 aromatic carbocycles. The number of hydrogen-bond donors (Lipinski definition) is 2. The lowest BCUT2D eigenvalue weighted by Crippen LogP contribution is -2.40. The van der Waals surface area contributed by atoms with Gasteiger partial charge in [0.2, 0.25) is 5.91 Å². The monoisotopic (exact) mass is 326 g/mol. The van der Waals surface area contributed by atoms with Crippen molar-refractivity contribution in [2.24, 2.45) is 5.92 Å². The predicted molar refractivity (Wildman–Crippen MR) is 93.2 cm³/mol. The lowest BCUT2D eigenvalue weighted by Gasteiger charge is -2.27. The Morgan fingerprint density at radius 2 is 2.00 bits per heavy atom. The summed E-state index contributed by atoms with van der Waals surface area (Å²) in [4.78, 5) is 12.4. The van der Waals surface area contributed by atoms with E-state index in [4.69, 9.17) is 0 Å². The number of fused-ring (bicyclic) bond motifs is 1. The van der Waals surface area contributed by atoms with Gasteiger partial charge in [0, 0.05) is 18.5 Å². The molecule has 0 bridgehead atoms. The second-order valence-electron chi connectivity index (χ2n) is 6.40. The zero-order chi connectivity index (χ0) is 16.9. The molecule has 0 aliphatic carbocycles. The quantitative estimate of drug-likeness (QED) is 0.887. The van der Waals surface area contributed by atoms with Gasteiger partial charge < -0.3 is 10.6 Å². The van der Waals surface area contributed by atoms with Crippen LogP contribution in [0.2, 0.25) is 0 Å². The molecule has 2 unspecified atom stereocenters. The number of carbonyl (C=O) groups is 1. The van der Waals surface area contributed by atoms with Crippen molar-refractivity contribution in [1.29, 1.82) is 0 Å². The molecule has 0 saturated carbocycles. The van der Waals surface area contributed by atoms with Crippen LogP contribution in [-0.4, -0.2) is 19.0 Å². The summed E-state index contributed by atoms with van der Waals surface area (Å²) in [5.41, 5.74) is 3.18. The maximum atomic E-state index is 13.7. The van der Waals surface area contributed by atoms with E-state index >= 15 is 0 Å². The first-order chi connectivity index (χ1) is 11.6. The third-order valence-corrected chi connectivity index (χ3v) is 4.63. The molecule has 0 fully saturated rings. The van der Waals surface area contributed by atoms with Gasteiger partial charge in [-0.2, -0.15) is 0 Å². The molecular formula is C20H23FN2O. The summed E-state index contributed by atoms with van der Waals surface area (Å²) in [7, 11) is 0. The molecule has 2 atom stereocenters. The zero-order valence-corrected chi connectivity index (χ0v) is 13.9. The van der Waals surface area contributed by atoms with Crippen LogP contribution >= 0.6 is 0 Å². The zero-order valence-electron chi connectivity index (χ0n) is 13.9. The number of benzene rings is 2. The third-order valence-electron chi connectivity index (χ3n) is 4.63. The van der Waals surface area contributed by atoms with E-state index in [1.165, 1.54) is 17.2 Å². The number of nitrogens with one attached hydrogen (secondary N) is 2. The van der Waals surface area contributed by atoms with Gasteiger partial charge >= 0.3 is 0 Å². The fourth-order valence-electron chi connectivity index (χ4n) is 3.24. The highest BCUT2D eigenvalue weighted by molar-refractivity contribution is 5.78. The second kappa shape index (κ2) is 7.58. The molecule has 2 aromatic rings. The van der Waals surface area contributed by atoms with Gasteiger partial charge in [-0.25, -0.2) is 4.39 Å². The van der Waals surface area contributed by atoms with Crippen molar-refractivity contribution in [3.05, 3.63) is 71.0 Å². The number of amides is 1. The smallest absolute Gasteiger partial charge is 0.223 e. The molecule has 1 heterocycles. The molecule has 0 aromatic heterocycles. The number of carbonyl (C=O) groups excluding carboxylic acids is 1. The molecule has 1 amide bonds. The average Bonchev–Trinajstić information content (AvgIpc) is 2.61. The first-order valence-corrected chi connectivity index (χ1v) is 8.47. The summed E-state index contributed by atoms with van der Waals surface area (Å²) >= 11 is 0. The molecule has 4 heteroatoms. The van der Waals surface area contributed by atoms with E-state index in [1.807, 2.05) is 13.0 Å². The normalized spacial score (nSPS) is 17.8. The summed E-state index contributed by atoms with van der Waals surface area (Å²) in [5, 5.41) is 6.46. The summed E-state index contributed by atoms with van der Waals surface area (Å²) in [6.07, 6.45) is 1.43. The number of rotatable bonds is 5. The van der Waals surface area contributed by atoms with E-state index in [0.717, 1.165) is 13.0 Å². The largest absolute Gasteiger partial charge is 0.354 e. The number of hydrogen-bond acceptors (Lipinski definition) is 2. The Labute approximate surface area is 142 Å². The minimum Gasteiger partial charge on any atom is -0.354 e. The van der Waals surface area contributed by atoms with Gasteiger partial charge in [0.05, 0.1) is 0 Å². The molecule has 126 valence electrons. The average molecular weight is 326 g/mol. The first kappa shape index (κ1) is 16.7. The van der Waals surface area contributed by atoms with E-state index in [-0.39, 0.29) is 23.7 Å². The van der Waals surface area contributed by atoms with Crippen molar-refractivity contribution in [3.63, 3.8) is 0 Å². The topological polar surface area (TPSA) is 41.1 Å². The molecule has 0 spiro atoms. The summed E-state index contributed by atoms with van der Waals surface area (Å²) in [5.74, 6) is -0.552. The highest BCUT2D eigenvalue weighted by Gasteiger charge is 2.21. The van der Waals surface area contributed by atoms with Crippen LogP contribution in [0, 0.1) is 11.7 Å². The standard InChI is InChI=1S/C20H23FN2O/c1-14(12-16-7-3-5-9-18(16)21)20(24)23-13-19-17-8-4-2-6-15(17)10-11-22-19/h2-9,14,19,22H,10-13H2,1H3,(H,23,24). The molecule has 1 aliphatic rings. The Morgan fingerprint density at radius 1 is 1.25 bits per heavy atom. The van der Waals surface area contributed by atoms with Gasteiger partial charge in [-0.15, -0.1) is 0 Å². The van der Waals surface area contributed by atoms with E-state index in [9.17, 15) is 9.18 Å². The Bertz CT molecular complexity index is 716. The van der Waals surface area contributed by atoms with E-state index in [0.29, 0.717) is 18.5 Å². The molecule has 1 aliphatic heterocycles. The van der Waals surface area contributed by atoms with Crippen LogP contribution in [0.5, 0.6) is 0 Å². The van der Waals surface area contributed by atoms with Crippen LogP contribution in [0.15, 0.2) is 48.5 Å². The predicted octanol–water partition coefficient (Wildman–Crippen LogP) is 3.01. The lowest BCUT2D eigenvalue weighted by atomic mass is 9.94. The van der Waals surface area contributed by atoms with Gasteiger partial charge in [-0.1, -0.05) is 49.4 Å². The second-order valence-corrected chi connectivity index (χ2v) is 6.40. The summed E-state index contributed by atoms with van der Waals surface area (Å²) in [6.45, 7) is 3.31. The van der Waals surface area contributed by atoms with Crippen LogP contribution in [0.3, 0.4) is 0 Å². The highest BCUT2D eigenvalue weighted by Crippen LogP contribution is 2.22. The number of halogens is 1. The van der Waals surface area contributed by atoms with Gasteiger partial charge in [0.25, 0.3) is 0 Å². The van der Waals surface area contributed by atoms with Crippen LogP contribution in [0.4, 0.5) is 4.39 Å². The molecule has 0 saturated heterocycles. The summed E-state index contributed by atoms with van der Waals surface area (Å²) in [6, 6.07) is 15.1. The van der Waals surface area contributed by atoms with Crippen LogP contribution in [0.1, 0.15) is 29.7 Å². The molecule has 0 radical (unpaired) electrons. The maximum absolute atomic E-state index is 13.7. The van der Waals surface area contributed by atoms with Gasteiger partial charge in [0.15, 0.2) is 0 Å². The van der Waals surface area contributed by atoms with Gasteiger partial charge in [-0.05, 0) is 42.1 Å². The molecule has 24 heavy (non-hydrogen) atoms. The lowest BCUT2D eigenvalue weighted by molar-refractivity contribution is -0.124. The van der Waals surface area contributed by atoms with Gasteiger partial charge in [0.1, 0.15) is 5.82 Å². The first-order valence-electron chi connectivity index (χ1n) is 8.47.